The van der Waals surface area contributed by atoms with Gasteiger partial charge in [0.1, 0.15) is 11.4 Å². The van der Waals surface area contributed by atoms with E-state index < -0.39 is 0 Å². The van der Waals surface area contributed by atoms with Crippen LogP contribution in [0.25, 0.3) is 0 Å². The Morgan fingerprint density at radius 1 is 1.00 bits per heavy atom. The van der Waals surface area contributed by atoms with Gasteiger partial charge >= 0.3 is 0 Å². The van der Waals surface area contributed by atoms with Crippen molar-refractivity contribution in [2.45, 2.75) is 6.92 Å². The molecule has 0 radical (unpaired) electrons. The third-order valence-corrected chi connectivity index (χ3v) is 3.96. The van der Waals surface area contributed by atoms with E-state index in [0.717, 1.165) is 0 Å². The molecule has 0 saturated carbocycles. The summed E-state index contributed by atoms with van der Waals surface area (Å²) in [5, 5.41) is 5.88. The molecule has 0 bridgehead atoms. The molecule has 150 valence electrons. The minimum atomic E-state index is -0.366. The SMILES string of the molecule is CCOc1ccccc1NC(=O)c1ccnc(Nc2ccc(OC)c(OC)c2)n1. The molecule has 1 heterocycles. The van der Waals surface area contributed by atoms with Crippen molar-refractivity contribution < 1.29 is 19.0 Å². The second kappa shape index (κ2) is 9.41. The summed E-state index contributed by atoms with van der Waals surface area (Å²) >= 11 is 0. The maximum atomic E-state index is 12.6. The molecule has 2 aromatic carbocycles. The fourth-order valence-electron chi connectivity index (χ4n) is 2.63. The van der Waals surface area contributed by atoms with Crippen molar-refractivity contribution in [2.24, 2.45) is 0 Å². The van der Waals surface area contributed by atoms with Crippen molar-refractivity contribution >= 4 is 23.2 Å². The largest absolute Gasteiger partial charge is 0.493 e. The Bertz CT molecular complexity index is 994. The number of aromatic nitrogens is 2. The van der Waals surface area contributed by atoms with Gasteiger partial charge in [0.25, 0.3) is 5.91 Å². The van der Waals surface area contributed by atoms with Crippen LogP contribution in [-0.4, -0.2) is 36.7 Å². The van der Waals surface area contributed by atoms with E-state index in [1.54, 1.807) is 50.6 Å². The first kappa shape index (κ1) is 19.9. The number of hydrogen-bond donors (Lipinski definition) is 2. The zero-order chi connectivity index (χ0) is 20.6. The number of methoxy groups -OCH3 is 2. The van der Waals surface area contributed by atoms with E-state index in [4.69, 9.17) is 14.2 Å². The first-order chi connectivity index (χ1) is 14.1. The van der Waals surface area contributed by atoms with Crippen LogP contribution >= 0.6 is 0 Å². The molecule has 0 fully saturated rings. The summed E-state index contributed by atoms with van der Waals surface area (Å²) < 4.78 is 16.1. The summed E-state index contributed by atoms with van der Waals surface area (Å²) in [6, 6.07) is 14.1. The molecule has 0 atom stereocenters. The highest BCUT2D eigenvalue weighted by Gasteiger charge is 2.13. The van der Waals surface area contributed by atoms with E-state index in [0.29, 0.717) is 35.2 Å². The highest BCUT2D eigenvalue weighted by molar-refractivity contribution is 6.03. The quantitative estimate of drug-likeness (QED) is 0.598. The van der Waals surface area contributed by atoms with Crippen LogP contribution < -0.4 is 24.8 Å². The van der Waals surface area contributed by atoms with Crippen LogP contribution in [0.4, 0.5) is 17.3 Å². The summed E-state index contributed by atoms with van der Waals surface area (Å²) in [5.41, 5.74) is 1.49. The molecule has 0 aliphatic carbocycles. The molecule has 29 heavy (non-hydrogen) atoms. The molecule has 2 N–H and O–H groups in total. The fraction of sp³-hybridized carbons (Fsp3) is 0.190. The molecule has 0 aliphatic rings. The van der Waals surface area contributed by atoms with Crippen LogP contribution in [0.3, 0.4) is 0 Å². The van der Waals surface area contributed by atoms with E-state index in [1.807, 2.05) is 19.1 Å². The molecule has 3 aromatic rings. The minimum Gasteiger partial charge on any atom is -0.493 e. The number of carbonyl (C=O) groups excluding carboxylic acids is 1. The molecule has 8 nitrogen and oxygen atoms in total. The Balaban J connectivity index is 1.77. The summed E-state index contributed by atoms with van der Waals surface area (Å²) in [4.78, 5) is 21.1. The maximum absolute atomic E-state index is 12.6. The van der Waals surface area contributed by atoms with E-state index >= 15 is 0 Å². The average Bonchev–Trinajstić information content (AvgIpc) is 2.75. The average molecular weight is 394 g/mol. The minimum absolute atomic E-state index is 0.217. The molecule has 1 amide bonds. The normalized spacial score (nSPS) is 10.2. The Morgan fingerprint density at radius 3 is 2.55 bits per heavy atom. The van der Waals surface area contributed by atoms with Gasteiger partial charge in [-0.2, -0.15) is 0 Å². The molecular weight excluding hydrogens is 372 g/mol. The van der Waals surface area contributed by atoms with Gasteiger partial charge < -0.3 is 24.8 Å². The molecular formula is C21H22N4O4. The molecule has 8 heteroatoms. The van der Waals surface area contributed by atoms with Crippen molar-refractivity contribution in [3.8, 4) is 17.2 Å². The number of amides is 1. The monoisotopic (exact) mass is 394 g/mol. The molecule has 0 unspecified atom stereocenters. The fourth-order valence-corrected chi connectivity index (χ4v) is 2.63. The van der Waals surface area contributed by atoms with Gasteiger partial charge in [0.15, 0.2) is 11.5 Å². The van der Waals surface area contributed by atoms with Crippen molar-refractivity contribution in [3.05, 3.63) is 60.4 Å². The Hall–Kier alpha value is -3.81. The maximum Gasteiger partial charge on any atom is 0.274 e. The van der Waals surface area contributed by atoms with Gasteiger partial charge in [-0.1, -0.05) is 12.1 Å². The lowest BCUT2D eigenvalue weighted by Crippen LogP contribution is -2.15. The van der Waals surface area contributed by atoms with Gasteiger partial charge in [-0.3, -0.25) is 4.79 Å². The van der Waals surface area contributed by atoms with Gasteiger partial charge in [-0.05, 0) is 37.3 Å². The Morgan fingerprint density at radius 2 is 1.79 bits per heavy atom. The van der Waals surface area contributed by atoms with Crippen molar-refractivity contribution in [1.82, 2.24) is 9.97 Å². The summed E-state index contributed by atoms with van der Waals surface area (Å²) in [5.74, 6) is 1.69. The predicted molar refractivity (Wildman–Crippen MR) is 110 cm³/mol. The number of anilines is 3. The standard InChI is InChI=1S/C21H22N4O4/c1-4-29-17-8-6-5-7-15(17)24-20(26)16-11-12-22-21(25-16)23-14-9-10-18(27-2)19(13-14)28-3/h5-13H,4H2,1-3H3,(H,24,26)(H,22,23,25). The highest BCUT2D eigenvalue weighted by atomic mass is 16.5. The van der Waals surface area contributed by atoms with E-state index in [2.05, 4.69) is 20.6 Å². The second-order valence-electron chi connectivity index (χ2n) is 5.84. The summed E-state index contributed by atoms with van der Waals surface area (Å²) in [6.45, 7) is 2.38. The third-order valence-electron chi connectivity index (χ3n) is 3.96. The van der Waals surface area contributed by atoms with Gasteiger partial charge in [0, 0.05) is 18.0 Å². The smallest absolute Gasteiger partial charge is 0.274 e. The topological polar surface area (TPSA) is 94.6 Å². The highest BCUT2D eigenvalue weighted by Crippen LogP contribution is 2.30. The van der Waals surface area contributed by atoms with Gasteiger partial charge in [0.2, 0.25) is 5.95 Å². The zero-order valence-corrected chi connectivity index (χ0v) is 16.4. The van der Waals surface area contributed by atoms with Gasteiger partial charge in [-0.25, -0.2) is 9.97 Å². The van der Waals surface area contributed by atoms with Gasteiger partial charge in [0.05, 0.1) is 26.5 Å². The molecule has 0 spiro atoms. The number of benzene rings is 2. The lowest BCUT2D eigenvalue weighted by molar-refractivity contribution is 0.102. The van der Waals surface area contributed by atoms with Crippen LogP contribution in [0, 0.1) is 0 Å². The number of para-hydroxylation sites is 2. The Kier molecular flexibility index (Phi) is 6.47. The van der Waals surface area contributed by atoms with Crippen molar-refractivity contribution in [3.63, 3.8) is 0 Å². The summed E-state index contributed by atoms with van der Waals surface area (Å²) in [6.07, 6.45) is 1.51. The molecule has 0 saturated heterocycles. The first-order valence-electron chi connectivity index (χ1n) is 9.00. The first-order valence-corrected chi connectivity index (χ1v) is 9.00. The molecule has 0 aliphatic heterocycles. The second-order valence-corrected chi connectivity index (χ2v) is 5.84. The number of nitrogens with zero attached hydrogens (tertiary/aromatic N) is 2. The lowest BCUT2D eigenvalue weighted by Gasteiger charge is -2.12. The molecule has 3 rings (SSSR count). The predicted octanol–water partition coefficient (Wildman–Crippen LogP) is 3.89. The third kappa shape index (κ3) is 4.92. The van der Waals surface area contributed by atoms with Crippen molar-refractivity contribution in [1.29, 1.82) is 0 Å². The Labute approximate surface area is 168 Å². The van der Waals surface area contributed by atoms with Crippen LogP contribution in [-0.2, 0) is 0 Å². The van der Waals surface area contributed by atoms with E-state index in [9.17, 15) is 4.79 Å². The number of carbonyl (C=O) groups is 1. The zero-order valence-electron chi connectivity index (χ0n) is 16.4. The number of rotatable bonds is 8. The van der Waals surface area contributed by atoms with Crippen LogP contribution in [0.2, 0.25) is 0 Å². The number of ether oxygens (including phenoxy) is 3. The van der Waals surface area contributed by atoms with E-state index in [1.165, 1.54) is 6.20 Å². The van der Waals surface area contributed by atoms with Crippen LogP contribution in [0.15, 0.2) is 54.7 Å². The number of hydrogen-bond acceptors (Lipinski definition) is 7. The van der Waals surface area contributed by atoms with Crippen molar-refractivity contribution in [2.75, 3.05) is 31.5 Å². The molecule has 1 aromatic heterocycles. The van der Waals surface area contributed by atoms with Gasteiger partial charge in [-0.15, -0.1) is 0 Å². The van der Waals surface area contributed by atoms with E-state index in [-0.39, 0.29) is 17.5 Å². The van der Waals surface area contributed by atoms with Crippen LogP contribution in [0.5, 0.6) is 17.2 Å². The number of nitrogens with one attached hydrogen (secondary N) is 2. The summed E-state index contributed by atoms with van der Waals surface area (Å²) in [7, 11) is 3.13. The lowest BCUT2D eigenvalue weighted by atomic mass is 10.2. The van der Waals surface area contributed by atoms with Crippen LogP contribution in [0.1, 0.15) is 17.4 Å².